The van der Waals surface area contributed by atoms with E-state index in [0.717, 1.165) is 6.54 Å². The molecular formula is C9H19NO2S. The Hall–Kier alpha value is -0.0900. The molecule has 0 radical (unpaired) electrons. The average Bonchev–Trinajstić information content (AvgIpc) is 2.08. The van der Waals surface area contributed by atoms with Crippen LogP contribution in [0.1, 0.15) is 20.8 Å². The van der Waals surface area contributed by atoms with Crippen molar-refractivity contribution in [2.75, 3.05) is 24.6 Å². The number of hydrogen-bond acceptors (Lipinski definition) is 3. The predicted molar refractivity (Wildman–Crippen MR) is 54.5 cm³/mol. The minimum Gasteiger partial charge on any atom is -0.315 e. The first-order valence-corrected chi connectivity index (χ1v) is 6.54. The molecule has 1 rings (SSSR count). The second-order valence-corrected chi connectivity index (χ2v) is 7.11. The Labute approximate surface area is 80.8 Å². The predicted octanol–water partition coefficient (Wildman–Crippen LogP) is 0.667. The molecule has 1 heterocycles. The Morgan fingerprint density at radius 1 is 1.31 bits per heavy atom. The molecule has 0 aliphatic carbocycles. The minimum absolute atomic E-state index is 0.0738. The van der Waals surface area contributed by atoms with Crippen LogP contribution >= 0.6 is 0 Å². The molecule has 13 heavy (non-hydrogen) atoms. The second kappa shape index (κ2) is 3.58. The van der Waals surface area contributed by atoms with Gasteiger partial charge in [0.2, 0.25) is 0 Å². The zero-order valence-electron chi connectivity index (χ0n) is 8.63. The van der Waals surface area contributed by atoms with Crippen molar-refractivity contribution < 1.29 is 8.42 Å². The molecular weight excluding hydrogens is 186 g/mol. The Kier molecular flexibility index (Phi) is 3.02. The molecule has 0 spiro atoms. The van der Waals surface area contributed by atoms with E-state index in [0.29, 0.717) is 18.1 Å². The van der Waals surface area contributed by atoms with Crippen molar-refractivity contribution in [1.82, 2.24) is 5.32 Å². The van der Waals surface area contributed by atoms with E-state index in [1.807, 2.05) is 0 Å². The topological polar surface area (TPSA) is 46.2 Å². The lowest BCUT2D eigenvalue weighted by molar-refractivity contribution is 0.260. The van der Waals surface area contributed by atoms with Gasteiger partial charge in [0, 0.05) is 6.54 Å². The van der Waals surface area contributed by atoms with Gasteiger partial charge in [0.1, 0.15) is 0 Å². The van der Waals surface area contributed by atoms with Crippen LogP contribution in [0.2, 0.25) is 0 Å². The number of hydrogen-bond donors (Lipinski definition) is 1. The molecule has 78 valence electrons. The van der Waals surface area contributed by atoms with Crippen molar-refractivity contribution in [2.24, 2.45) is 11.3 Å². The largest absolute Gasteiger partial charge is 0.315 e. The van der Waals surface area contributed by atoms with E-state index >= 15 is 0 Å². The van der Waals surface area contributed by atoms with Gasteiger partial charge < -0.3 is 5.32 Å². The summed E-state index contributed by atoms with van der Waals surface area (Å²) in [5.74, 6) is 0.864. The van der Waals surface area contributed by atoms with E-state index < -0.39 is 9.84 Å². The fourth-order valence-corrected chi connectivity index (χ4v) is 3.36. The molecule has 1 aliphatic heterocycles. The van der Waals surface area contributed by atoms with Crippen molar-refractivity contribution in [3.05, 3.63) is 0 Å². The van der Waals surface area contributed by atoms with Crippen LogP contribution in [0, 0.1) is 11.3 Å². The lowest BCUT2D eigenvalue weighted by Gasteiger charge is -2.28. The molecule has 0 aromatic heterocycles. The van der Waals surface area contributed by atoms with E-state index in [4.69, 9.17) is 0 Å². The lowest BCUT2D eigenvalue weighted by Crippen LogP contribution is -2.33. The highest BCUT2D eigenvalue weighted by Gasteiger charge is 2.30. The molecule has 1 atom stereocenters. The molecule has 1 unspecified atom stereocenters. The Balaban J connectivity index is 2.77. The van der Waals surface area contributed by atoms with Gasteiger partial charge in [0.05, 0.1) is 11.5 Å². The Bertz CT molecular complexity index is 264. The zero-order chi connectivity index (χ0) is 10.1. The van der Waals surface area contributed by atoms with Crippen LogP contribution in [0.25, 0.3) is 0 Å². The van der Waals surface area contributed by atoms with E-state index in [1.165, 1.54) is 0 Å². The highest BCUT2D eigenvalue weighted by atomic mass is 32.2. The van der Waals surface area contributed by atoms with Crippen LogP contribution in [-0.4, -0.2) is 33.0 Å². The van der Waals surface area contributed by atoms with E-state index in [9.17, 15) is 8.42 Å². The van der Waals surface area contributed by atoms with E-state index in [2.05, 4.69) is 26.1 Å². The first kappa shape index (κ1) is 11.0. The Morgan fingerprint density at radius 2 is 1.92 bits per heavy atom. The lowest BCUT2D eigenvalue weighted by atomic mass is 9.82. The quantitative estimate of drug-likeness (QED) is 0.632. The van der Waals surface area contributed by atoms with Crippen LogP contribution in [-0.2, 0) is 9.84 Å². The number of sulfone groups is 1. The summed E-state index contributed by atoms with van der Waals surface area (Å²) in [4.78, 5) is 0. The normalized spacial score (nSPS) is 29.6. The van der Waals surface area contributed by atoms with Crippen LogP contribution in [0.4, 0.5) is 0 Å². The van der Waals surface area contributed by atoms with E-state index in [1.54, 1.807) is 0 Å². The first-order valence-electron chi connectivity index (χ1n) is 4.72. The fourth-order valence-electron chi connectivity index (χ4n) is 1.51. The van der Waals surface area contributed by atoms with Gasteiger partial charge in [-0.3, -0.25) is 0 Å². The second-order valence-electron chi connectivity index (χ2n) is 4.88. The summed E-state index contributed by atoms with van der Waals surface area (Å²) < 4.78 is 23.0. The van der Waals surface area contributed by atoms with Crippen LogP contribution in [0.15, 0.2) is 0 Å². The maximum Gasteiger partial charge on any atom is 0.151 e. The molecule has 1 saturated heterocycles. The third kappa shape index (κ3) is 3.27. The van der Waals surface area contributed by atoms with Crippen molar-refractivity contribution in [3.63, 3.8) is 0 Å². The molecule has 1 N–H and O–H groups in total. The summed E-state index contributed by atoms with van der Waals surface area (Å²) in [6.45, 7) is 7.72. The van der Waals surface area contributed by atoms with Gasteiger partial charge in [-0.15, -0.1) is 0 Å². The standard InChI is InChI=1S/C9H19NO2S/c1-9(2,3)8-6-10-4-5-13(11,12)7-8/h8,10H,4-7H2,1-3H3. The van der Waals surface area contributed by atoms with Crippen LogP contribution < -0.4 is 5.32 Å². The van der Waals surface area contributed by atoms with Gasteiger partial charge in [-0.05, 0) is 17.9 Å². The molecule has 4 heteroatoms. The molecule has 0 aromatic carbocycles. The van der Waals surface area contributed by atoms with Gasteiger partial charge >= 0.3 is 0 Å². The molecule has 0 aromatic rings. The maximum atomic E-state index is 11.5. The van der Waals surface area contributed by atoms with Gasteiger partial charge in [-0.25, -0.2) is 8.42 Å². The first-order chi connectivity index (χ1) is 5.81. The van der Waals surface area contributed by atoms with Gasteiger partial charge in [0.15, 0.2) is 9.84 Å². The average molecular weight is 205 g/mol. The van der Waals surface area contributed by atoms with Crippen LogP contribution in [0.5, 0.6) is 0 Å². The smallest absolute Gasteiger partial charge is 0.151 e. The van der Waals surface area contributed by atoms with Crippen LogP contribution in [0.3, 0.4) is 0 Å². The molecule has 1 fully saturated rings. The SMILES string of the molecule is CC(C)(C)C1CNCCS(=O)(=O)C1. The summed E-state index contributed by atoms with van der Waals surface area (Å²) in [6, 6.07) is 0. The summed E-state index contributed by atoms with van der Waals surface area (Å²) in [5.41, 5.74) is 0.0738. The molecule has 1 aliphatic rings. The van der Waals surface area contributed by atoms with Gasteiger partial charge in [0.25, 0.3) is 0 Å². The third-order valence-corrected chi connectivity index (χ3v) is 4.40. The van der Waals surface area contributed by atoms with Crippen molar-refractivity contribution in [3.8, 4) is 0 Å². The molecule has 0 saturated carbocycles. The van der Waals surface area contributed by atoms with Crippen molar-refractivity contribution in [1.29, 1.82) is 0 Å². The van der Waals surface area contributed by atoms with Crippen molar-refractivity contribution in [2.45, 2.75) is 20.8 Å². The Morgan fingerprint density at radius 3 is 2.46 bits per heavy atom. The summed E-state index contributed by atoms with van der Waals surface area (Å²) >= 11 is 0. The summed E-state index contributed by atoms with van der Waals surface area (Å²) in [6.07, 6.45) is 0. The number of nitrogens with one attached hydrogen (secondary N) is 1. The fraction of sp³-hybridized carbons (Fsp3) is 1.00. The monoisotopic (exact) mass is 205 g/mol. The maximum absolute atomic E-state index is 11.5. The van der Waals surface area contributed by atoms with Gasteiger partial charge in [-0.2, -0.15) is 0 Å². The third-order valence-electron chi connectivity index (χ3n) is 2.66. The van der Waals surface area contributed by atoms with Crippen molar-refractivity contribution >= 4 is 9.84 Å². The number of rotatable bonds is 0. The zero-order valence-corrected chi connectivity index (χ0v) is 9.45. The molecule has 0 amide bonds. The summed E-state index contributed by atoms with van der Waals surface area (Å²) in [7, 11) is -2.81. The molecule has 3 nitrogen and oxygen atoms in total. The highest BCUT2D eigenvalue weighted by Crippen LogP contribution is 2.27. The minimum atomic E-state index is -2.81. The van der Waals surface area contributed by atoms with Gasteiger partial charge in [-0.1, -0.05) is 20.8 Å². The molecule has 0 bridgehead atoms. The van der Waals surface area contributed by atoms with E-state index in [-0.39, 0.29) is 11.3 Å². The summed E-state index contributed by atoms with van der Waals surface area (Å²) in [5, 5.41) is 3.18. The highest BCUT2D eigenvalue weighted by molar-refractivity contribution is 7.91.